The van der Waals surface area contributed by atoms with Crippen LogP contribution < -0.4 is 10.9 Å². The number of primary sulfonamides is 1. The van der Waals surface area contributed by atoms with Crippen LogP contribution in [0.1, 0.15) is 5.56 Å². The van der Waals surface area contributed by atoms with E-state index in [2.05, 4.69) is 0 Å². The third kappa shape index (κ3) is 1.57. The smallest absolute Gasteiger partial charge is 0.240 e. The summed E-state index contributed by atoms with van der Waals surface area (Å²) in [7, 11) is -3.68. The fraction of sp³-hybridized carbons (Fsp3) is 0.143. The molecule has 5 heteroatoms. The van der Waals surface area contributed by atoms with Crippen LogP contribution in [0.25, 0.3) is 0 Å². The molecular weight excluding hydrogens is 176 g/mol. The number of para-hydroxylation sites is 1. The van der Waals surface area contributed by atoms with Crippen molar-refractivity contribution in [1.82, 2.24) is 0 Å². The zero-order chi connectivity index (χ0) is 9.35. The predicted molar refractivity (Wildman–Crippen MR) is 47.0 cm³/mol. The predicted octanol–water partition coefficient (Wildman–Crippen LogP) is 0.225. The Bertz CT molecular complexity index is 398. The van der Waals surface area contributed by atoms with Gasteiger partial charge in [0.2, 0.25) is 10.0 Å². The maximum Gasteiger partial charge on any atom is 0.240 e. The summed E-state index contributed by atoms with van der Waals surface area (Å²) in [5.74, 6) is 0. The molecule has 0 spiro atoms. The summed E-state index contributed by atoms with van der Waals surface area (Å²) in [6, 6.07) is 4.72. The number of anilines is 1. The van der Waals surface area contributed by atoms with Gasteiger partial charge in [0.25, 0.3) is 0 Å². The van der Waals surface area contributed by atoms with Gasteiger partial charge in [-0.05, 0) is 18.6 Å². The maximum absolute atomic E-state index is 10.9. The summed E-state index contributed by atoms with van der Waals surface area (Å²) < 4.78 is 21.8. The second-order valence-corrected chi connectivity index (χ2v) is 4.06. The normalized spacial score (nSPS) is 11.5. The van der Waals surface area contributed by atoms with Gasteiger partial charge in [0.15, 0.2) is 0 Å². The highest BCUT2D eigenvalue weighted by atomic mass is 32.2. The van der Waals surface area contributed by atoms with Gasteiger partial charge in [-0.15, -0.1) is 0 Å². The standard InChI is InChI=1S/C7H10N2O2S/c1-5-3-2-4-6(7(5)8)12(9,10)11/h2-4H,8H2,1H3,(H2,9,10,11). The highest BCUT2D eigenvalue weighted by Crippen LogP contribution is 2.19. The minimum absolute atomic E-state index is 0.0116. The van der Waals surface area contributed by atoms with Crippen molar-refractivity contribution >= 4 is 15.7 Å². The van der Waals surface area contributed by atoms with E-state index < -0.39 is 10.0 Å². The molecule has 0 aliphatic carbocycles. The van der Waals surface area contributed by atoms with Crippen LogP contribution in [0.5, 0.6) is 0 Å². The second kappa shape index (κ2) is 2.76. The summed E-state index contributed by atoms with van der Waals surface area (Å²) >= 11 is 0. The van der Waals surface area contributed by atoms with E-state index in [4.69, 9.17) is 10.9 Å². The van der Waals surface area contributed by atoms with Gasteiger partial charge in [-0.1, -0.05) is 12.1 Å². The average molecular weight is 186 g/mol. The number of nitrogen functional groups attached to an aromatic ring is 1. The van der Waals surface area contributed by atoms with E-state index in [9.17, 15) is 8.42 Å². The van der Waals surface area contributed by atoms with Gasteiger partial charge in [0.1, 0.15) is 4.90 Å². The van der Waals surface area contributed by atoms with E-state index in [1.165, 1.54) is 6.07 Å². The lowest BCUT2D eigenvalue weighted by Gasteiger charge is -2.04. The van der Waals surface area contributed by atoms with Crippen molar-refractivity contribution in [3.05, 3.63) is 23.8 Å². The Morgan fingerprint density at radius 1 is 1.33 bits per heavy atom. The first kappa shape index (κ1) is 9.02. The molecule has 0 aliphatic rings. The molecule has 0 unspecified atom stereocenters. The Morgan fingerprint density at radius 2 is 1.92 bits per heavy atom. The molecule has 0 aromatic heterocycles. The first-order valence-corrected chi connectivity index (χ1v) is 4.85. The molecule has 0 aliphatic heterocycles. The summed E-state index contributed by atoms with van der Waals surface area (Å²) in [6.45, 7) is 1.73. The quantitative estimate of drug-likeness (QED) is 0.615. The molecule has 0 amide bonds. The number of hydrogen-bond donors (Lipinski definition) is 2. The third-order valence-electron chi connectivity index (χ3n) is 1.59. The highest BCUT2D eigenvalue weighted by molar-refractivity contribution is 7.89. The van der Waals surface area contributed by atoms with Crippen molar-refractivity contribution in [1.29, 1.82) is 0 Å². The lowest BCUT2D eigenvalue weighted by atomic mass is 10.2. The molecule has 1 aromatic rings. The molecule has 0 fully saturated rings. The van der Waals surface area contributed by atoms with Crippen molar-refractivity contribution < 1.29 is 8.42 Å². The number of rotatable bonds is 1. The van der Waals surface area contributed by atoms with E-state index in [0.717, 1.165) is 0 Å². The fourth-order valence-corrected chi connectivity index (χ4v) is 1.64. The van der Waals surface area contributed by atoms with Gasteiger partial charge in [0.05, 0.1) is 5.69 Å². The Kier molecular flexibility index (Phi) is 2.08. The SMILES string of the molecule is Cc1cccc(S(N)(=O)=O)c1N. The van der Waals surface area contributed by atoms with Gasteiger partial charge < -0.3 is 5.73 Å². The first-order chi connectivity index (χ1) is 5.43. The van der Waals surface area contributed by atoms with Crippen LogP contribution in [0.3, 0.4) is 0 Å². The molecule has 66 valence electrons. The van der Waals surface area contributed by atoms with Crippen LogP contribution in [-0.4, -0.2) is 8.42 Å². The lowest BCUT2D eigenvalue weighted by Crippen LogP contribution is -2.14. The van der Waals surface area contributed by atoms with Crippen molar-refractivity contribution in [2.45, 2.75) is 11.8 Å². The summed E-state index contributed by atoms with van der Waals surface area (Å²) in [5.41, 5.74) is 6.44. The first-order valence-electron chi connectivity index (χ1n) is 3.31. The van der Waals surface area contributed by atoms with Crippen LogP contribution in [0.4, 0.5) is 5.69 Å². The molecule has 0 saturated heterocycles. The highest BCUT2D eigenvalue weighted by Gasteiger charge is 2.12. The lowest BCUT2D eigenvalue weighted by molar-refractivity contribution is 0.598. The molecule has 1 rings (SSSR count). The number of aryl methyl sites for hydroxylation is 1. The van der Waals surface area contributed by atoms with Crippen LogP contribution in [0.2, 0.25) is 0 Å². The Morgan fingerprint density at radius 3 is 2.33 bits per heavy atom. The third-order valence-corrected chi connectivity index (χ3v) is 2.56. The minimum Gasteiger partial charge on any atom is -0.397 e. The van der Waals surface area contributed by atoms with E-state index in [-0.39, 0.29) is 10.6 Å². The Hall–Kier alpha value is -1.07. The summed E-state index contributed by atoms with van der Waals surface area (Å²) in [5, 5.41) is 4.92. The van der Waals surface area contributed by atoms with Crippen LogP contribution in [-0.2, 0) is 10.0 Å². The van der Waals surface area contributed by atoms with E-state index >= 15 is 0 Å². The molecule has 12 heavy (non-hydrogen) atoms. The van der Waals surface area contributed by atoms with E-state index in [0.29, 0.717) is 5.56 Å². The van der Waals surface area contributed by atoms with Gasteiger partial charge in [-0.2, -0.15) is 0 Å². The number of benzene rings is 1. The topological polar surface area (TPSA) is 86.2 Å². The van der Waals surface area contributed by atoms with Crippen molar-refractivity contribution in [3.63, 3.8) is 0 Å². The van der Waals surface area contributed by atoms with E-state index in [1.54, 1.807) is 19.1 Å². The Labute approximate surface area is 71.2 Å². The summed E-state index contributed by atoms with van der Waals surface area (Å²) in [4.78, 5) is -0.0116. The molecule has 1 aromatic carbocycles. The van der Waals surface area contributed by atoms with Gasteiger partial charge in [-0.3, -0.25) is 0 Å². The number of sulfonamides is 1. The molecule has 0 atom stereocenters. The maximum atomic E-state index is 10.9. The zero-order valence-corrected chi connectivity index (χ0v) is 7.43. The zero-order valence-electron chi connectivity index (χ0n) is 6.61. The van der Waals surface area contributed by atoms with E-state index in [1.807, 2.05) is 0 Å². The molecule has 4 nitrogen and oxygen atoms in total. The average Bonchev–Trinajstić information content (AvgIpc) is 1.92. The van der Waals surface area contributed by atoms with Crippen molar-refractivity contribution in [2.75, 3.05) is 5.73 Å². The van der Waals surface area contributed by atoms with Crippen molar-refractivity contribution in [3.8, 4) is 0 Å². The Balaban J connectivity index is 3.47. The number of hydrogen-bond acceptors (Lipinski definition) is 3. The molecule has 0 bridgehead atoms. The minimum atomic E-state index is -3.68. The largest absolute Gasteiger partial charge is 0.397 e. The molecule has 0 heterocycles. The fourth-order valence-electron chi connectivity index (χ4n) is 0.902. The molecule has 0 radical (unpaired) electrons. The molecule has 0 saturated carbocycles. The summed E-state index contributed by atoms with van der Waals surface area (Å²) in [6.07, 6.45) is 0. The van der Waals surface area contributed by atoms with Crippen LogP contribution in [0, 0.1) is 6.92 Å². The monoisotopic (exact) mass is 186 g/mol. The van der Waals surface area contributed by atoms with Crippen molar-refractivity contribution in [2.24, 2.45) is 5.14 Å². The molecular formula is C7H10N2O2S. The van der Waals surface area contributed by atoms with Gasteiger partial charge >= 0.3 is 0 Å². The molecule has 4 N–H and O–H groups in total. The number of nitrogens with two attached hydrogens (primary N) is 2. The van der Waals surface area contributed by atoms with Crippen LogP contribution in [0.15, 0.2) is 23.1 Å². The van der Waals surface area contributed by atoms with Gasteiger partial charge in [-0.25, -0.2) is 13.6 Å². The second-order valence-electron chi connectivity index (χ2n) is 2.53. The van der Waals surface area contributed by atoms with Gasteiger partial charge in [0, 0.05) is 0 Å². The van der Waals surface area contributed by atoms with Crippen LogP contribution >= 0.6 is 0 Å².